The van der Waals surface area contributed by atoms with Crippen LogP contribution in [-0.4, -0.2) is 73.0 Å². The Kier molecular flexibility index (Phi) is 11.3. The molecule has 12 heteroatoms. The highest BCUT2D eigenvalue weighted by molar-refractivity contribution is 7.99. The molecule has 0 spiro atoms. The lowest BCUT2D eigenvalue weighted by Crippen LogP contribution is -2.42. The van der Waals surface area contributed by atoms with Crippen LogP contribution in [-0.2, 0) is 20.9 Å². The molecule has 1 saturated heterocycles. The second-order valence-corrected chi connectivity index (χ2v) is 12.0. The highest BCUT2D eigenvalue weighted by Gasteiger charge is 2.33. The summed E-state index contributed by atoms with van der Waals surface area (Å²) < 4.78 is 30.3. The first-order valence-electron chi connectivity index (χ1n) is 15.2. The van der Waals surface area contributed by atoms with Gasteiger partial charge in [-0.25, -0.2) is 14.4 Å². The van der Waals surface area contributed by atoms with Crippen LogP contribution in [0.1, 0.15) is 28.6 Å². The number of rotatable bonds is 12. The standard InChI is InChI=1S/C35H38FN5O5S/c1-23-19-24(2)38-35(37-23)47-22-32(42)41(21-25-5-8-27(36)9-6-25)33(26-7-14-30(44-3)31(20-26)45-4)34(43)39-28-10-12-29(13-11-28)40-15-17-46-18-16-40/h5-14,19-20,33H,15-18,21-22H2,1-4H3,(H,39,43). The van der Waals surface area contributed by atoms with E-state index in [0.717, 1.165) is 30.2 Å². The van der Waals surface area contributed by atoms with Crippen molar-refractivity contribution in [1.29, 1.82) is 0 Å². The maximum atomic E-state index is 14.3. The van der Waals surface area contributed by atoms with Gasteiger partial charge in [0, 0.05) is 42.4 Å². The first kappa shape index (κ1) is 33.7. The van der Waals surface area contributed by atoms with E-state index in [1.54, 1.807) is 30.3 Å². The predicted molar refractivity (Wildman–Crippen MR) is 180 cm³/mol. The molecule has 3 aromatic carbocycles. The van der Waals surface area contributed by atoms with Crippen LogP contribution in [0.5, 0.6) is 11.5 Å². The van der Waals surface area contributed by atoms with Crippen molar-refractivity contribution in [3.8, 4) is 11.5 Å². The molecule has 246 valence electrons. The van der Waals surface area contributed by atoms with Crippen molar-refractivity contribution in [2.24, 2.45) is 0 Å². The van der Waals surface area contributed by atoms with Crippen LogP contribution in [0.2, 0.25) is 0 Å². The summed E-state index contributed by atoms with van der Waals surface area (Å²) in [5.41, 5.74) is 4.34. The number of carbonyl (C=O) groups is 2. The predicted octanol–water partition coefficient (Wildman–Crippen LogP) is 5.59. The van der Waals surface area contributed by atoms with E-state index in [1.165, 1.54) is 43.0 Å². The summed E-state index contributed by atoms with van der Waals surface area (Å²) >= 11 is 1.19. The van der Waals surface area contributed by atoms with E-state index >= 15 is 0 Å². The Morgan fingerprint density at radius 3 is 2.23 bits per heavy atom. The largest absolute Gasteiger partial charge is 0.493 e. The third-order valence-electron chi connectivity index (χ3n) is 7.67. The van der Waals surface area contributed by atoms with Gasteiger partial charge < -0.3 is 29.3 Å². The van der Waals surface area contributed by atoms with E-state index in [4.69, 9.17) is 14.2 Å². The van der Waals surface area contributed by atoms with E-state index < -0.39 is 17.8 Å². The topological polar surface area (TPSA) is 106 Å². The Bertz CT molecular complexity index is 1660. The Morgan fingerprint density at radius 2 is 1.60 bits per heavy atom. The normalized spacial score (nSPS) is 13.5. The van der Waals surface area contributed by atoms with Crippen LogP contribution >= 0.6 is 11.8 Å². The average Bonchev–Trinajstić information content (AvgIpc) is 3.08. The van der Waals surface area contributed by atoms with Crippen LogP contribution in [0.4, 0.5) is 15.8 Å². The monoisotopic (exact) mass is 659 g/mol. The molecule has 1 N–H and O–H groups in total. The molecule has 0 radical (unpaired) electrons. The van der Waals surface area contributed by atoms with Gasteiger partial charge in [0.05, 0.1) is 33.2 Å². The Balaban J connectivity index is 1.49. The molecule has 1 aliphatic heterocycles. The Morgan fingerprint density at radius 1 is 0.936 bits per heavy atom. The number of methoxy groups -OCH3 is 2. The number of aryl methyl sites for hydroxylation is 2. The van der Waals surface area contributed by atoms with Gasteiger partial charge in [0.2, 0.25) is 5.91 Å². The van der Waals surface area contributed by atoms with E-state index in [2.05, 4.69) is 20.2 Å². The highest BCUT2D eigenvalue weighted by atomic mass is 32.2. The summed E-state index contributed by atoms with van der Waals surface area (Å²) in [6.07, 6.45) is 0. The van der Waals surface area contributed by atoms with E-state index in [-0.39, 0.29) is 18.2 Å². The third-order valence-corrected chi connectivity index (χ3v) is 8.50. The van der Waals surface area contributed by atoms with Crippen LogP contribution in [0.25, 0.3) is 0 Å². The van der Waals surface area contributed by atoms with Crippen molar-refractivity contribution in [2.45, 2.75) is 31.6 Å². The maximum Gasteiger partial charge on any atom is 0.251 e. The zero-order valence-electron chi connectivity index (χ0n) is 26.9. The average molecular weight is 660 g/mol. The number of thioether (sulfide) groups is 1. The fourth-order valence-electron chi connectivity index (χ4n) is 5.36. The van der Waals surface area contributed by atoms with E-state index in [1.807, 2.05) is 44.2 Å². The summed E-state index contributed by atoms with van der Waals surface area (Å²) in [4.78, 5) is 41.1. The summed E-state index contributed by atoms with van der Waals surface area (Å²) in [6.45, 7) is 6.68. The summed E-state index contributed by atoms with van der Waals surface area (Å²) in [7, 11) is 3.04. The number of morpholine rings is 1. The molecule has 1 atom stereocenters. The molecule has 1 fully saturated rings. The number of anilines is 2. The number of amides is 2. The Hall–Kier alpha value is -4.68. The highest BCUT2D eigenvalue weighted by Crippen LogP contribution is 2.34. The van der Waals surface area contributed by atoms with Crippen molar-refractivity contribution < 1.29 is 28.2 Å². The van der Waals surface area contributed by atoms with Gasteiger partial charge >= 0.3 is 0 Å². The van der Waals surface area contributed by atoms with Crippen LogP contribution < -0.4 is 19.7 Å². The van der Waals surface area contributed by atoms with Crippen LogP contribution in [0.15, 0.2) is 78.0 Å². The molecule has 2 heterocycles. The molecule has 10 nitrogen and oxygen atoms in total. The molecule has 2 amide bonds. The fraction of sp³-hybridized carbons (Fsp3) is 0.314. The minimum Gasteiger partial charge on any atom is -0.493 e. The lowest BCUT2D eigenvalue weighted by Gasteiger charge is -2.32. The number of aromatic nitrogens is 2. The van der Waals surface area contributed by atoms with Gasteiger partial charge in [-0.2, -0.15) is 0 Å². The first-order valence-corrected chi connectivity index (χ1v) is 16.2. The van der Waals surface area contributed by atoms with Gasteiger partial charge in [-0.15, -0.1) is 0 Å². The number of hydrogen-bond acceptors (Lipinski definition) is 9. The fourth-order valence-corrected chi connectivity index (χ4v) is 6.20. The maximum absolute atomic E-state index is 14.3. The molecule has 0 aliphatic carbocycles. The molecular weight excluding hydrogens is 621 g/mol. The van der Waals surface area contributed by atoms with Crippen LogP contribution in [0.3, 0.4) is 0 Å². The number of hydrogen-bond donors (Lipinski definition) is 1. The molecular formula is C35H38FN5O5S. The quantitative estimate of drug-likeness (QED) is 0.154. The van der Waals surface area contributed by atoms with Gasteiger partial charge in [0.25, 0.3) is 5.91 Å². The number of nitrogens with one attached hydrogen (secondary N) is 1. The molecule has 4 aromatic rings. The molecule has 0 bridgehead atoms. The van der Waals surface area contributed by atoms with Crippen molar-refractivity contribution in [2.75, 3.05) is 56.5 Å². The molecule has 1 unspecified atom stereocenters. The zero-order chi connectivity index (χ0) is 33.3. The van der Waals surface area contributed by atoms with E-state index in [0.29, 0.717) is 46.7 Å². The van der Waals surface area contributed by atoms with Gasteiger partial charge in [-0.05, 0) is 79.6 Å². The molecule has 1 aliphatic rings. The Labute approximate surface area is 278 Å². The molecule has 5 rings (SSSR count). The van der Waals surface area contributed by atoms with Crippen molar-refractivity contribution >= 4 is 35.0 Å². The number of halogens is 1. The smallest absolute Gasteiger partial charge is 0.251 e. The summed E-state index contributed by atoms with van der Waals surface area (Å²) in [5, 5.41) is 3.48. The summed E-state index contributed by atoms with van der Waals surface area (Å²) in [5.74, 6) is -0.309. The number of benzene rings is 3. The van der Waals surface area contributed by atoms with Crippen LogP contribution in [0, 0.1) is 19.7 Å². The van der Waals surface area contributed by atoms with E-state index in [9.17, 15) is 14.0 Å². The molecule has 0 saturated carbocycles. The molecule has 1 aromatic heterocycles. The summed E-state index contributed by atoms with van der Waals surface area (Å²) in [6, 6.07) is 19.3. The minimum absolute atomic E-state index is 0.0323. The van der Waals surface area contributed by atoms with Gasteiger partial charge in [0.1, 0.15) is 11.9 Å². The van der Waals surface area contributed by atoms with Crippen molar-refractivity contribution in [3.63, 3.8) is 0 Å². The number of carbonyl (C=O) groups excluding carboxylic acids is 2. The first-order chi connectivity index (χ1) is 22.7. The number of nitrogens with zero attached hydrogens (tertiary/aromatic N) is 4. The lowest BCUT2D eigenvalue weighted by molar-refractivity contribution is -0.137. The van der Waals surface area contributed by atoms with Crippen molar-refractivity contribution in [3.05, 3.63) is 101 Å². The van der Waals surface area contributed by atoms with Gasteiger partial charge in [-0.3, -0.25) is 9.59 Å². The SMILES string of the molecule is COc1ccc(C(C(=O)Nc2ccc(N3CCOCC3)cc2)N(Cc2ccc(F)cc2)C(=O)CSc2nc(C)cc(C)n2)cc1OC. The zero-order valence-corrected chi connectivity index (χ0v) is 27.7. The number of ether oxygens (including phenoxy) is 3. The second kappa shape index (κ2) is 15.7. The molecule has 47 heavy (non-hydrogen) atoms. The van der Waals surface area contributed by atoms with Crippen molar-refractivity contribution in [1.82, 2.24) is 14.9 Å². The van der Waals surface area contributed by atoms with Gasteiger partial charge in [0.15, 0.2) is 16.7 Å². The van der Waals surface area contributed by atoms with Gasteiger partial charge in [-0.1, -0.05) is 30.0 Å². The second-order valence-electron chi connectivity index (χ2n) is 11.0. The minimum atomic E-state index is -1.09. The third kappa shape index (κ3) is 8.78. The lowest BCUT2D eigenvalue weighted by atomic mass is 10.0.